The second kappa shape index (κ2) is 9.07. The minimum atomic E-state index is -4.43. The van der Waals surface area contributed by atoms with Crippen LogP contribution in [-0.2, 0) is 20.1 Å². The van der Waals surface area contributed by atoms with Crippen LogP contribution in [0.3, 0.4) is 0 Å². The van der Waals surface area contributed by atoms with Gasteiger partial charge in [-0.3, -0.25) is 4.72 Å². The highest BCUT2D eigenvalue weighted by atomic mass is 35.5. The molecule has 0 bridgehead atoms. The van der Waals surface area contributed by atoms with Crippen LogP contribution in [-0.4, -0.2) is 35.0 Å². The summed E-state index contributed by atoms with van der Waals surface area (Å²) in [6, 6.07) is 14.2. The van der Waals surface area contributed by atoms with Gasteiger partial charge < -0.3 is 14.0 Å². The van der Waals surface area contributed by atoms with Gasteiger partial charge in [0.1, 0.15) is 16.2 Å². The lowest BCUT2D eigenvalue weighted by atomic mass is 10.2. The summed E-state index contributed by atoms with van der Waals surface area (Å²) in [4.78, 5) is 11.0. The number of halogens is 1. The second-order valence-electron chi connectivity index (χ2n) is 6.26. The van der Waals surface area contributed by atoms with Gasteiger partial charge in [-0.1, -0.05) is 29.8 Å². The van der Waals surface area contributed by atoms with E-state index in [1.54, 1.807) is 12.1 Å². The Labute approximate surface area is 189 Å². The van der Waals surface area contributed by atoms with Crippen molar-refractivity contribution in [1.82, 2.24) is 0 Å². The van der Waals surface area contributed by atoms with Crippen LogP contribution in [0.1, 0.15) is 10.4 Å². The summed E-state index contributed by atoms with van der Waals surface area (Å²) in [6.07, 6.45) is 0. The van der Waals surface area contributed by atoms with Crippen LogP contribution in [0.5, 0.6) is 11.5 Å². The number of carboxylic acids is 1. The van der Waals surface area contributed by atoms with Crippen molar-refractivity contribution in [2.45, 2.75) is 9.79 Å². The maximum atomic E-state index is 12.8. The quantitative estimate of drug-likeness (QED) is 0.450. The zero-order valence-electron chi connectivity index (χ0n) is 16.4. The molecule has 3 rings (SSSR count). The van der Waals surface area contributed by atoms with E-state index in [0.717, 1.165) is 24.3 Å². The summed E-state index contributed by atoms with van der Waals surface area (Å²) >= 11 is 5.80. The lowest BCUT2D eigenvalue weighted by Crippen LogP contribution is -2.16. The van der Waals surface area contributed by atoms with E-state index in [0.29, 0.717) is 0 Å². The topological polar surface area (TPSA) is 136 Å². The number of nitrogens with one attached hydrogen (secondary N) is 1. The molecular weight excluding hydrogens is 482 g/mol. The van der Waals surface area contributed by atoms with E-state index in [1.807, 2.05) is 0 Å². The molecule has 0 aromatic heterocycles. The Morgan fingerprint density at radius 3 is 2.28 bits per heavy atom. The standard InChI is InChI=1S/C20H16ClNO8S2/c1-29-19-8-3-2-7-17(19)22-31(25,26)14-9-10-18(16(12-14)20(23)24)30-32(27,28)15-6-4-5-13(21)11-15/h2-12,22H,1H3,(H,23,24). The average Bonchev–Trinajstić information content (AvgIpc) is 2.73. The molecule has 0 saturated carbocycles. The zero-order chi connectivity index (χ0) is 23.5. The van der Waals surface area contributed by atoms with Gasteiger partial charge in [0.2, 0.25) is 0 Å². The number of carbonyl (C=O) groups is 1. The highest BCUT2D eigenvalue weighted by Crippen LogP contribution is 2.30. The number of aromatic carboxylic acids is 1. The lowest BCUT2D eigenvalue weighted by molar-refractivity contribution is 0.0695. The fraction of sp³-hybridized carbons (Fsp3) is 0.0500. The number of rotatable bonds is 8. The highest BCUT2D eigenvalue weighted by molar-refractivity contribution is 7.92. The fourth-order valence-electron chi connectivity index (χ4n) is 2.64. The monoisotopic (exact) mass is 497 g/mol. The smallest absolute Gasteiger partial charge is 0.339 e. The molecule has 3 aromatic carbocycles. The first-order valence-electron chi connectivity index (χ1n) is 8.77. The van der Waals surface area contributed by atoms with Gasteiger partial charge in [0, 0.05) is 5.02 Å². The van der Waals surface area contributed by atoms with Gasteiger partial charge in [0.15, 0.2) is 5.75 Å². The molecule has 0 heterocycles. The van der Waals surface area contributed by atoms with Crippen molar-refractivity contribution in [3.05, 3.63) is 77.3 Å². The number of benzene rings is 3. The zero-order valence-corrected chi connectivity index (χ0v) is 18.7. The predicted octanol–water partition coefficient (Wildman–Crippen LogP) is 3.62. The summed E-state index contributed by atoms with van der Waals surface area (Å²) in [7, 11) is -7.30. The number of sulfonamides is 1. The molecule has 32 heavy (non-hydrogen) atoms. The summed E-state index contributed by atoms with van der Waals surface area (Å²) in [5.74, 6) is -1.90. The Morgan fingerprint density at radius 2 is 1.62 bits per heavy atom. The molecule has 0 aliphatic heterocycles. The van der Waals surface area contributed by atoms with E-state index < -0.39 is 42.3 Å². The Kier molecular flexibility index (Phi) is 6.63. The SMILES string of the molecule is COc1ccccc1NS(=O)(=O)c1ccc(OS(=O)(=O)c2cccc(Cl)c2)c(C(=O)O)c1. The van der Waals surface area contributed by atoms with Gasteiger partial charge in [-0.15, -0.1) is 0 Å². The average molecular weight is 498 g/mol. The highest BCUT2D eigenvalue weighted by Gasteiger charge is 2.25. The van der Waals surface area contributed by atoms with Crippen molar-refractivity contribution in [2.75, 3.05) is 11.8 Å². The normalized spacial score (nSPS) is 11.6. The third kappa shape index (κ3) is 5.13. The number of methoxy groups -OCH3 is 1. The molecule has 0 atom stereocenters. The van der Waals surface area contributed by atoms with Crippen LogP contribution in [0.4, 0.5) is 5.69 Å². The predicted molar refractivity (Wildman–Crippen MR) is 116 cm³/mol. The number of para-hydroxylation sites is 2. The molecule has 0 saturated heterocycles. The Balaban J connectivity index is 1.98. The molecule has 0 aliphatic carbocycles. The number of carboxylic acid groups (broad SMARTS) is 1. The second-order valence-corrected chi connectivity index (χ2v) is 9.93. The van der Waals surface area contributed by atoms with E-state index in [1.165, 1.54) is 37.4 Å². The minimum absolute atomic E-state index is 0.135. The van der Waals surface area contributed by atoms with Gasteiger partial charge in [0.25, 0.3) is 10.0 Å². The summed E-state index contributed by atoms with van der Waals surface area (Å²) in [5, 5.41) is 9.64. The van der Waals surface area contributed by atoms with Crippen molar-refractivity contribution in [1.29, 1.82) is 0 Å². The Hall–Kier alpha value is -3.28. The van der Waals surface area contributed by atoms with Gasteiger partial charge in [-0.2, -0.15) is 8.42 Å². The molecule has 0 spiro atoms. The van der Waals surface area contributed by atoms with E-state index in [-0.39, 0.29) is 21.4 Å². The molecule has 0 radical (unpaired) electrons. The Bertz CT molecular complexity index is 1390. The van der Waals surface area contributed by atoms with Crippen LogP contribution in [0.25, 0.3) is 0 Å². The first-order chi connectivity index (χ1) is 15.0. The first-order valence-corrected chi connectivity index (χ1v) is 12.0. The molecule has 168 valence electrons. The maximum absolute atomic E-state index is 12.8. The van der Waals surface area contributed by atoms with Crippen LogP contribution in [0.2, 0.25) is 5.02 Å². The summed E-state index contributed by atoms with van der Waals surface area (Å²) in [6.45, 7) is 0. The van der Waals surface area contributed by atoms with Gasteiger partial charge in [-0.25, -0.2) is 13.2 Å². The van der Waals surface area contributed by atoms with E-state index >= 15 is 0 Å². The van der Waals surface area contributed by atoms with E-state index in [9.17, 15) is 26.7 Å². The molecule has 3 aromatic rings. The molecule has 12 heteroatoms. The van der Waals surface area contributed by atoms with Gasteiger partial charge in [0.05, 0.1) is 17.7 Å². The van der Waals surface area contributed by atoms with E-state index in [2.05, 4.69) is 4.72 Å². The number of ether oxygens (including phenoxy) is 1. The third-order valence-corrected chi connectivity index (χ3v) is 6.96. The maximum Gasteiger partial charge on any atom is 0.339 e. The van der Waals surface area contributed by atoms with Crippen molar-refractivity contribution in [2.24, 2.45) is 0 Å². The third-order valence-electron chi connectivity index (χ3n) is 4.13. The van der Waals surface area contributed by atoms with Crippen molar-refractivity contribution in [3.8, 4) is 11.5 Å². The lowest BCUT2D eigenvalue weighted by Gasteiger charge is -2.14. The van der Waals surface area contributed by atoms with Crippen molar-refractivity contribution in [3.63, 3.8) is 0 Å². The molecule has 0 aliphatic rings. The molecule has 0 fully saturated rings. The molecular formula is C20H16ClNO8S2. The Morgan fingerprint density at radius 1 is 0.906 bits per heavy atom. The van der Waals surface area contributed by atoms with Crippen LogP contribution in [0.15, 0.2) is 76.5 Å². The number of hydrogen-bond acceptors (Lipinski definition) is 7. The minimum Gasteiger partial charge on any atom is -0.495 e. The van der Waals surface area contributed by atoms with E-state index in [4.69, 9.17) is 20.5 Å². The number of anilines is 1. The van der Waals surface area contributed by atoms with Crippen LogP contribution in [0, 0.1) is 0 Å². The molecule has 0 unspecified atom stereocenters. The summed E-state index contributed by atoms with van der Waals surface area (Å²) < 4.78 is 62.9. The van der Waals surface area contributed by atoms with Gasteiger partial charge in [-0.05, 0) is 48.5 Å². The largest absolute Gasteiger partial charge is 0.495 e. The van der Waals surface area contributed by atoms with Gasteiger partial charge >= 0.3 is 16.1 Å². The van der Waals surface area contributed by atoms with Crippen LogP contribution < -0.4 is 13.6 Å². The molecule has 2 N–H and O–H groups in total. The summed E-state index contributed by atoms with van der Waals surface area (Å²) in [5.41, 5.74) is -0.533. The first kappa shape index (κ1) is 23.4. The van der Waals surface area contributed by atoms with Crippen molar-refractivity contribution >= 4 is 43.4 Å². The fourth-order valence-corrected chi connectivity index (χ4v) is 4.98. The molecule has 0 amide bonds. The molecule has 9 nitrogen and oxygen atoms in total. The van der Waals surface area contributed by atoms with Crippen molar-refractivity contribution < 1.29 is 35.7 Å². The van der Waals surface area contributed by atoms with Crippen LogP contribution >= 0.6 is 11.6 Å². The number of hydrogen-bond donors (Lipinski definition) is 2.